The summed E-state index contributed by atoms with van der Waals surface area (Å²) in [6, 6.07) is 15.4. The molecule has 0 aliphatic heterocycles. The van der Waals surface area contributed by atoms with Gasteiger partial charge in [0.05, 0.1) is 17.3 Å². The Morgan fingerprint density at radius 2 is 1.87 bits per heavy atom. The van der Waals surface area contributed by atoms with Crippen LogP contribution >= 0.6 is 11.6 Å². The lowest BCUT2D eigenvalue weighted by Crippen LogP contribution is -2.29. The quantitative estimate of drug-likeness (QED) is 0.606. The van der Waals surface area contributed by atoms with Crippen LogP contribution in [0.5, 0.6) is 0 Å². The van der Waals surface area contributed by atoms with Crippen LogP contribution in [0.25, 0.3) is 10.9 Å². The van der Waals surface area contributed by atoms with E-state index in [9.17, 15) is 4.79 Å². The minimum atomic E-state index is -0.1000. The van der Waals surface area contributed by atoms with E-state index < -0.39 is 0 Å². The molecule has 1 heterocycles. The van der Waals surface area contributed by atoms with E-state index in [1.54, 1.807) is 12.1 Å². The molecular weight excluding hydrogens is 310 g/mol. The van der Waals surface area contributed by atoms with Crippen molar-refractivity contribution in [2.45, 2.75) is 6.42 Å². The summed E-state index contributed by atoms with van der Waals surface area (Å²) in [5.41, 5.74) is 3.02. The molecule has 2 aromatic carbocycles. The van der Waals surface area contributed by atoms with Gasteiger partial charge in [0.15, 0.2) is 0 Å². The minimum absolute atomic E-state index is 0.1000. The molecule has 5 heteroatoms. The van der Waals surface area contributed by atoms with E-state index in [1.807, 2.05) is 30.5 Å². The summed E-state index contributed by atoms with van der Waals surface area (Å²) in [6.45, 7) is 0.991. The van der Waals surface area contributed by atoms with Crippen molar-refractivity contribution in [3.8, 4) is 0 Å². The lowest BCUT2D eigenvalue weighted by atomic mass is 10.1. The third-order valence-corrected chi connectivity index (χ3v) is 4.01. The standard InChI is InChI=1S/C18H18ClN3O/c19-15-6-2-4-8-17(15)22-18(23)12-20-10-9-13-11-21-16-7-3-1-5-14(13)16/h1-8,11,20-21H,9-10,12H2,(H,22,23). The van der Waals surface area contributed by atoms with Crippen LogP contribution in [0.15, 0.2) is 54.7 Å². The van der Waals surface area contributed by atoms with Gasteiger partial charge in [-0.1, -0.05) is 41.9 Å². The summed E-state index contributed by atoms with van der Waals surface area (Å²) < 4.78 is 0. The van der Waals surface area contributed by atoms with Crippen LogP contribution in [0.4, 0.5) is 5.69 Å². The first kappa shape index (κ1) is 15.6. The Morgan fingerprint density at radius 3 is 2.74 bits per heavy atom. The maximum Gasteiger partial charge on any atom is 0.238 e. The Morgan fingerprint density at radius 1 is 1.09 bits per heavy atom. The van der Waals surface area contributed by atoms with Gasteiger partial charge in [0.2, 0.25) is 5.91 Å². The summed E-state index contributed by atoms with van der Waals surface area (Å²) in [6.07, 6.45) is 2.89. The monoisotopic (exact) mass is 327 g/mol. The zero-order chi connectivity index (χ0) is 16.1. The van der Waals surface area contributed by atoms with Gasteiger partial charge in [-0.3, -0.25) is 4.79 Å². The predicted molar refractivity (Wildman–Crippen MR) is 95.0 cm³/mol. The second-order valence-electron chi connectivity index (χ2n) is 5.31. The number of aromatic nitrogens is 1. The van der Waals surface area contributed by atoms with Gasteiger partial charge in [0.25, 0.3) is 0 Å². The molecule has 0 aliphatic carbocycles. The van der Waals surface area contributed by atoms with Gasteiger partial charge in [0.1, 0.15) is 0 Å². The van der Waals surface area contributed by atoms with Crippen molar-refractivity contribution in [3.05, 3.63) is 65.3 Å². The molecule has 0 atom stereocenters. The largest absolute Gasteiger partial charge is 0.361 e. The highest BCUT2D eigenvalue weighted by Crippen LogP contribution is 2.20. The fraction of sp³-hybridized carbons (Fsp3) is 0.167. The van der Waals surface area contributed by atoms with Gasteiger partial charge >= 0.3 is 0 Å². The summed E-state index contributed by atoms with van der Waals surface area (Å²) in [4.78, 5) is 15.2. The second kappa shape index (κ2) is 7.31. The van der Waals surface area contributed by atoms with Gasteiger partial charge < -0.3 is 15.6 Å². The normalized spacial score (nSPS) is 10.8. The first-order chi connectivity index (χ1) is 11.2. The number of anilines is 1. The molecule has 4 nitrogen and oxygen atoms in total. The van der Waals surface area contributed by atoms with Crippen molar-refractivity contribution < 1.29 is 4.79 Å². The number of nitrogens with one attached hydrogen (secondary N) is 3. The van der Waals surface area contributed by atoms with Gasteiger partial charge in [-0.25, -0.2) is 0 Å². The molecule has 0 aliphatic rings. The number of halogens is 1. The Hall–Kier alpha value is -2.30. The summed E-state index contributed by atoms with van der Waals surface area (Å²) in [5.74, 6) is -0.1000. The maximum absolute atomic E-state index is 11.9. The molecule has 3 aromatic rings. The molecule has 0 radical (unpaired) electrons. The van der Waals surface area contributed by atoms with Crippen molar-refractivity contribution >= 4 is 34.1 Å². The molecule has 0 bridgehead atoms. The third kappa shape index (κ3) is 3.92. The molecule has 0 saturated heterocycles. The SMILES string of the molecule is O=C(CNCCc1c[nH]c2ccccc12)Nc1ccccc1Cl. The topological polar surface area (TPSA) is 56.9 Å². The Kier molecular flexibility index (Phi) is 4.95. The number of hydrogen-bond acceptors (Lipinski definition) is 2. The lowest BCUT2D eigenvalue weighted by Gasteiger charge is -2.08. The molecule has 1 amide bonds. The van der Waals surface area contributed by atoms with E-state index in [1.165, 1.54) is 10.9 Å². The highest BCUT2D eigenvalue weighted by atomic mass is 35.5. The number of para-hydroxylation sites is 2. The van der Waals surface area contributed by atoms with E-state index in [0.29, 0.717) is 10.7 Å². The van der Waals surface area contributed by atoms with E-state index in [4.69, 9.17) is 11.6 Å². The van der Waals surface area contributed by atoms with Gasteiger partial charge in [-0.2, -0.15) is 0 Å². The summed E-state index contributed by atoms with van der Waals surface area (Å²) in [5, 5.41) is 7.73. The molecule has 23 heavy (non-hydrogen) atoms. The smallest absolute Gasteiger partial charge is 0.238 e. The molecular formula is C18H18ClN3O. The zero-order valence-electron chi connectivity index (χ0n) is 12.6. The first-order valence-corrected chi connectivity index (χ1v) is 7.92. The van der Waals surface area contributed by atoms with Crippen LogP contribution in [-0.4, -0.2) is 24.0 Å². The van der Waals surface area contributed by atoms with Gasteiger partial charge in [-0.05, 0) is 36.7 Å². The molecule has 118 valence electrons. The maximum atomic E-state index is 11.9. The average Bonchev–Trinajstić information content (AvgIpc) is 2.97. The summed E-state index contributed by atoms with van der Waals surface area (Å²) >= 11 is 6.01. The van der Waals surface area contributed by atoms with Gasteiger partial charge in [0, 0.05) is 17.1 Å². The molecule has 1 aromatic heterocycles. The highest BCUT2D eigenvalue weighted by molar-refractivity contribution is 6.33. The molecule has 3 N–H and O–H groups in total. The van der Waals surface area contributed by atoms with E-state index >= 15 is 0 Å². The second-order valence-corrected chi connectivity index (χ2v) is 5.72. The third-order valence-electron chi connectivity index (χ3n) is 3.68. The number of aromatic amines is 1. The van der Waals surface area contributed by atoms with Crippen molar-refractivity contribution in [1.82, 2.24) is 10.3 Å². The van der Waals surface area contributed by atoms with Crippen LogP contribution in [0, 0.1) is 0 Å². The number of fused-ring (bicyclic) bond motifs is 1. The van der Waals surface area contributed by atoms with Crippen LogP contribution in [0.2, 0.25) is 5.02 Å². The molecule has 0 unspecified atom stereocenters. The minimum Gasteiger partial charge on any atom is -0.361 e. The fourth-order valence-corrected chi connectivity index (χ4v) is 2.70. The highest BCUT2D eigenvalue weighted by Gasteiger charge is 2.06. The summed E-state index contributed by atoms with van der Waals surface area (Å²) in [7, 11) is 0. The fourth-order valence-electron chi connectivity index (χ4n) is 2.52. The number of rotatable bonds is 6. The Labute approximate surface area is 139 Å². The molecule has 0 fully saturated rings. The zero-order valence-corrected chi connectivity index (χ0v) is 13.4. The van der Waals surface area contributed by atoms with Crippen LogP contribution in [0.1, 0.15) is 5.56 Å². The number of amides is 1. The number of benzene rings is 2. The number of H-pyrrole nitrogens is 1. The van der Waals surface area contributed by atoms with Crippen molar-refractivity contribution in [3.63, 3.8) is 0 Å². The molecule has 3 rings (SSSR count). The van der Waals surface area contributed by atoms with E-state index in [0.717, 1.165) is 18.5 Å². The van der Waals surface area contributed by atoms with E-state index in [-0.39, 0.29) is 12.5 Å². The Balaban J connectivity index is 1.46. The van der Waals surface area contributed by atoms with Gasteiger partial charge in [-0.15, -0.1) is 0 Å². The lowest BCUT2D eigenvalue weighted by molar-refractivity contribution is -0.115. The Bertz CT molecular complexity index is 813. The first-order valence-electron chi connectivity index (χ1n) is 7.54. The molecule has 0 spiro atoms. The van der Waals surface area contributed by atoms with Crippen LogP contribution in [0.3, 0.4) is 0 Å². The predicted octanol–water partition coefficient (Wildman–Crippen LogP) is 3.59. The van der Waals surface area contributed by atoms with Crippen LogP contribution < -0.4 is 10.6 Å². The van der Waals surface area contributed by atoms with Crippen LogP contribution in [-0.2, 0) is 11.2 Å². The molecule has 0 saturated carbocycles. The van der Waals surface area contributed by atoms with Crippen molar-refractivity contribution in [2.75, 3.05) is 18.4 Å². The average molecular weight is 328 g/mol. The number of hydrogen-bond donors (Lipinski definition) is 3. The van der Waals surface area contributed by atoms with E-state index in [2.05, 4.69) is 27.8 Å². The van der Waals surface area contributed by atoms with Crippen molar-refractivity contribution in [1.29, 1.82) is 0 Å². The number of carbonyl (C=O) groups excluding carboxylic acids is 1. The number of carbonyl (C=O) groups is 1. The van der Waals surface area contributed by atoms with Crippen molar-refractivity contribution in [2.24, 2.45) is 0 Å².